The van der Waals surface area contributed by atoms with Gasteiger partial charge in [0.05, 0.1) is 5.69 Å². The zero-order valence-electron chi connectivity index (χ0n) is 12.5. The molecule has 0 aromatic carbocycles. The lowest BCUT2D eigenvalue weighted by molar-refractivity contribution is 0.0699. The molecule has 1 aliphatic rings. The van der Waals surface area contributed by atoms with E-state index in [1.165, 1.54) is 0 Å². The first-order valence-electron chi connectivity index (χ1n) is 7.17. The molecule has 112 valence electrons. The Balaban J connectivity index is 1.65. The van der Waals surface area contributed by atoms with E-state index in [2.05, 4.69) is 24.9 Å². The lowest BCUT2D eigenvalue weighted by Crippen LogP contribution is -2.38. The second-order valence-corrected chi connectivity index (χ2v) is 5.60. The van der Waals surface area contributed by atoms with Crippen LogP contribution in [0.25, 0.3) is 0 Å². The Morgan fingerprint density at radius 3 is 2.43 bits per heavy atom. The molecule has 1 amide bonds. The number of nitrogens with zero attached hydrogens (tertiary/aromatic N) is 4. The molecule has 0 spiro atoms. The Labute approximate surface area is 122 Å². The average Bonchev–Trinajstić information content (AvgIpc) is 3.05. The van der Waals surface area contributed by atoms with Crippen LogP contribution in [-0.4, -0.2) is 44.2 Å². The number of aromatic nitrogens is 4. The fraction of sp³-hybridized carbons (Fsp3) is 0.571. The number of carbonyl (C=O) groups excluding carboxylic acids is 1. The summed E-state index contributed by atoms with van der Waals surface area (Å²) in [5, 5.41) is 7.35. The monoisotopic (exact) mass is 289 g/mol. The van der Waals surface area contributed by atoms with Crippen molar-refractivity contribution in [3.8, 4) is 0 Å². The summed E-state index contributed by atoms with van der Waals surface area (Å²) in [5.74, 6) is 1.33. The maximum atomic E-state index is 12.3. The molecule has 0 saturated carbocycles. The standard InChI is InChI=1S/C14H19N5O2/c1-8-9(2)16-13(15-8)11-4-6-19(7-5-11)14(20)12-10(3)17-21-18-12/h11H,4-7H2,1-3H3,(H,15,16). The number of hydrogen-bond acceptors (Lipinski definition) is 5. The zero-order chi connectivity index (χ0) is 15.0. The van der Waals surface area contributed by atoms with Gasteiger partial charge in [0.1, 0.15) is 11.5 Å². The van der Waals surface area contributed by atoms with Crippen LogP contribution in [0.4, 0.5) is 0 Å². The number of amides is 1. The number of H-pyrrole nitrogens is 1. The van der Waals surface area contributed by atoms with Crippen molar-refractivity contribution < 1.29 is 9.42 Å². The Morgan fingerprint density at radius 1 is 1.19 bits per heavy atom. The molecule has 7 heteroatoms. The highest BCUT2D eigenvalue weighted by atomic mass is 16.6. The predicted octanol–water partition coefficient (Wildman–Crippen LogP) is 1.74. The summed E-state index contributed by atoms with van der Waals surface area (Å²) in [5.41, 5.74) is 3.03. The topological polar surface area (TPSA) is 87.9 Å². The van der Waals surface area contributed by atoms with E-state index in [4.69, 9.17) is 0 Å². The number of imidazole rings is 1. The molecule has 0 unspecified atom stereocenters. The van der Waals surface area contributed by atoms with Crippen molar-refractivity contribution >= 4 is 5.91 Å². The highest BCUT2D eigenvalue weighted by Gasteiger charge is 2.28. The van der Waals surface area contributed by atoms with Crippen molar-refractivity contribution in [1.29, 1.82) is 0 Å². The second-order valence-electron chi connectivity index (χ2n) is 5.60. The SMILES string of the molecule is Cc1nonc1C(=O)N1CCC(c2nc(C)c(C)[nH]2)CC1. The van der Waals surface area contributed by atoms with Crippen LogP contribution in [0.1, 0.15) is 52.2 Å². The van der Waals surface area contributed by atoms with Crippen molar-refractivity contribution in [3.05, 3.63) is 28.6 Å². The molecular formula is C14H19N5O2. The minimum absolute atomic E-state index is 0.0981. The number of hydrogen-bond donors (Lipinski definition) is 1. The number of rotatable bonds is 2. The molecule has 0 atom stereocenters. The lowest BCUT2D eigenvalue weighted by Gasteiger charge is -2.30. The fourth-order valence-corrected chi connectivity index (χ4v) is 2.70. The third-order valence-electron chi connectivity index (χ3n) is 4.17. The van der Waals surface area contributed by atoms with Gasteiger partial charge in [0.15, 0.2) is 5.69 Å². The van der Waals surface area contributed by atoms with E-state index in [1.54, 1.807) is 6.92 Å². The smallest absolute Gasteiger partial charge is 0.278 e. The zero-order valence-corrected chi connectivity index (χ0v) is 12.5. The molecule has 2 aromatic rings. The maximum Gasteiger partial charge on any atom is 0.278 e. The van der Waals surface area contributed by atoms with Gasteiger partial charge in [-0.1, -0.05) is 5.16 Å². The number of carbonyl (C=O) groups is 1. The van der Waals surface area contributed by atoms with Crippen molar-refractivity contribution in [2.24, 2.45) is 0 Å². The molecule has 0 bridgehead atoms. The van der Waals surface area contributed by atoms with Gasteiger partial charge in [-0.15, -0.1) is 0 Å². The first kappa shape index (κ1) is 13.8. The Kier molecular flexibility index (Phi) is 3.48. The highest BCUT2D eigenvalue weighted by Crippen LogP contribution is 2.27. The molecule has 1 saturated heterocycles. The Hall–Kier alpha value is -2.18. The van der Waals surface area contributed by atoms with Crippen molar-refractivity contribution in [2.75, 3.05) is 13.1 Å². The normalized spacial score (nSPS) is 16.4. The molecule has 1 fully saturated rings. The minimum atomic E-state index is -0.0981. The van der Waals surface area contributed by atoms with E-state index in [0.29, 0.717) is 30.4 Å². The van der Waals surface area contributed by atoms with Gasteiger partial charge in [0.2, 0.25) is 0 Å². The number of piperidine rings is 1. The van der Waals surface area contributed by atoms with Gasteiger partial charge < -0.3 is 9.88 Å². The summed E-state index contributed by atoms with van der Waals surface area (Å²) in [6, 6.07) is 0. The van der Waals surface area contributed by atoms with Gasteiger partial charge in [-0.05, 0) is 38.8 Å². The van der Waals surface area contributed by atoms with Crippen LogP contribution in [-0.2, 0) is 0 Å². The van der Waals surface area contributed by atoms with Crippen LogP contribution < -0.4 is 0 Å². The third-order valence-corrected chi connectivity index (χ3v) is 4.17. The van der Waals surface area contributed by atoms with Gasteiger partial charge in [-0.25, -0.2) is 9.61 Å². The minimum Gasteiger partial charge on any atom is -0.346 e. The fourth-order valence-electron chi connectivity index (χ4n) is 2.70. The van der Waals surface area contributed by atoms with Gasteiger partial charge >= 0.3 is 0 Å². The molecule has 7 nitrogen and oxygen atoms in total. The van der Waals surface area contributed by atoms with Crippen LogP contribution in [0.3, 0.4) is 0 Å². The van der Waals surface area contributed by atoms with Gasteiger partial charge in [-0.3, -0.25) is 4.79 Å². The summed E-state index contributed by atoms with van der Waals surface area (Å²) in [6.07, 6.45) is 1.81. The number of aryl methyl sites for hydroxylation is 3. The summed E-state index contributed by atoms with van der Waals surface area (Å²) < 4.78 is 4.60. The molecule has 3 heterocycles. The van der Waals surface area contributed by atoms with Crippen molar-refractivity contribution in [3.63, 3.8) is 0 Å². The Morgan fingerprint density at radius 2 is 1.90 bits per heavy atom. The van der Waals surface area contributed by atoms with E-state index >= 15 is 0 Å². The predicted molar refractivity (Wildman–Crippen MR) is 75.0 cm³/mol. The van der Waals surface area contributed by atoms with E-state index in [1.807, 2.05) is 18.7 Å². The first-order chi connectivity index (χ1) is 10.1. The van der Waals surface area contributed by atoms with Crippen molar-refractivity contribution in [2.45, 2.75) is 39.5 Å². The Bertz CT molecular complexity index is 633. The number of nitrogens with one attached hydrogen (secondary N) is 1. The quantitative estimate of drug-likeness (QED) is 0.909. The molecule has 3 rings (SSSR count). The van der Waals surface area contributed by atoms with Crippen LogP contribution in [0.2, 0.25) is 0 Å². The van der Waals surface area contributed by atoms with Crippen LogP contribution >= 0.6 is 0 Å². The average molecular weight is 289 g/mol. The van der Waals surface area contributed by atoms with Gasteiger partial charge in [0, 0.05) is 24.7 Å². The molecule has 0 aliphatic carbocycles. The highest BCUT2D eigenvalue weighted by molar-refractivity contribution is 5.93. The first-order valence-corrected chi connectivity index (χ1v) is 7.17. The van der Waals surface area contributed by atoms with Crippen molar-refractivity contribution in [1.82, 2.24) is 25.2 Å². The maximum absolute atomic E-state index is 12.3. The summed E-state index contributed by atoms with van der Waals surface area (Å²) in [6.45, 7) is 7.17. The molecule has 21 heavy (non-hydrogen) atoms. The molecule has 0 radical (unpaired) electrons. The number of aromatic amines is 1. The lowest BCUT2D eigenvalue weighted by atomic mass is 9.96. The number of likely N-dealkylation sites (tertiary alicyclic amines) is 1. The van der Waals surface area contributed by atoms with E-state index in [-0.39, 0.29) is 5.91 Å². The molecular weight excluding hydrogens is 270 g/mol. The van der Waals surface area contributed by atoms with Crippen LogP contribution in [0.5, 0.6) is 0 Å². The summed E-state index contributed by atoms with van der Waals surface area (Å²) >= 11 is 0. The van der Waals surface area contributed by atoms with Gasteiger partial charge in [-0.2, -0.15) is 0 Å². The summed E-state index contributed by atoms with van der Waals surface area (Å²) in [4.78, 5) is 22.0. The van der Waals surface area contributed by atoms with Crippen LogP contribution in [0, 0.1) is 20.8 Å². The second kappa shape index (κ2) is 5.31. The van der Waals surface area contributed by atoms with Gasteiger partial charge in [0.25, 0.3) is 5.91 Å². The molecule has 1 aliphatic heterocycles. The van der Waals surface area contributed by atoms with Crippen LogP contribution in [0.15, 0.2) is 4.63 Å². The van der Waals surface area contributed by atoms with E-state index in [0.717, 1.165) is 30.1 Å². The molecule has 1 N–H and O–H groups in total. The largest absolute Gasteiger partial charge is 0.346 e. The summed E-state index contributed by atoms with van der Waals surface area (Å²) in [7, 11) is 0. The van der Waals surface area contributed by atoms with E-state index in [9.17, 15) is 4.79 Å². The van der Waals surface area contributed by atoms with E-state index < -0.39 is 0 Å². The third kappa shape index (κ3) is 2.55. The molecule has 2 aromatic heterocycles.